The number of nitrogens with zero attached hydrogens (tertiary/aromatic N) is 2. The van der Waals surface area contributed by atoms with Gasteiger partial charge in [-0.3, -0.25) is 0 Å². The number of hydrogen-bond acceptors (Lipinski definition) is 5. The monoisotopic (exact) mass is 223 g/mol. The van der Waals surface area contributed by atoms with E-state index in [2.05, 4.69) is 15.3 Å². The van der Waals surface area contributed by atoms with Gasteiger partial charge in [-0.2, -0.15) is 0 Å². The van der Waals surface area contributed by atoms with E-state index in [1.807, 2.05) is 26.8 Å². The molecule has 5 heteroatoms. The van der Waals surface area contributed by atoms with Crippen molar-refractivity contribution in [1.82, 2.24) is 9.97 Å². The lowest BCUT2D eigenvalue weighted by atomic mass is 10.3. The molecule has 0 aromatic carbocycles. The molecule has 2 heterocycles. The predicted octanol–water partition coefficient (Wildman–Crippen LogP) is 1.35. The molecule has 1 aromatic heterocycles. The fourth-order valence-corrected chi connectivity index (χ4v) is 1.60. The van der Waals surface area contributed by atoms with E-state index in [9.17, 15) is 0 Å². The van der Waals surface area contributed by atoms with Crippen LogP contribution in [0, 0.1) is 6.92 Å². The first-order chi connectivity index (χ1) is 7.55. The highest BCUT2D eigenvalue weighted by molar-refractivity contribution is 5.24. The molecule has 1 saturated heterocycles. The summed E-state index contributed by atoms with van der Waals surface area (Å²) in [6.45, 7) is 7.02. The Morgan fingerprint density at radius 3 is 3.00 bits per heavy atom. The van der Waals surface area contributed by atoms with E-state index >= 15 is 0 Å². The van der Waals surface area contributed by atoms with E-state index in [0.717, 1.165) is 5.69 Å². The summed E-state index contributed by atoms with van der Waals surface area (Å²) in [5, 5.41) is 3.14. The number of nitrogens with one attached hydrogen (secondary N) is 1. The fraction of sp³-hybridized carbons (Fsp3) is 0.636. The molecule has 2 rings (SSSR count). The van der Waals surface area contributed by atoms with E-state index in [-0.39, 0.29) is 6.10 Å². The Bertz CT molecular complexity index is 368. The second kappa shape index (κ2) is 4.35. The molecule has 88 valence electrons. The molecular weight excluding hydrogens is 206 g/mol. The van der Waals surface area contributed by atoms with Crippen molar-refractivity contribution >= 4 is 5.95 Å². The quantitative estimate of drug-likeness (QED) is 0.838. The van der Waals surface area contributed by atoms with E-state index in [1.54, 1.807) is 6.20 Å². The summed E-state index contributed by atoms with van der Waals surface area (Å²) >= 11 is 0. The molecule has 1 atom stereocenters. The molecule has 1 aliphatic heterocycles. The highest BCUT2D eigenvalue weighted by atomic mass is 16.7. The zero-order valence-corrected chi connectivity index (χ0v) is 9.86. The first-order valence-electron chi connectivity index (χ1n) is 5.40. The van der Waals surface area contributed by atoms with E-state index < -0.39 is 5.79 Å². The Labute approximate surface area is 95.2 Å². The summed E-state index contributed by atoms with van der Waals surface area (Å²) in [6.07, 6.45) is 1.79. The average Bonchev–Trinajstić information content (AvgIpc) is 2.56. The summed E-state index contributed by atoms with van der Waals surface area (Å²) < 4.78 is 11.1. The lowest BCUT2D eigenvalue weighted by Gasteiger charge is -2.17. The van der Waals surface area contributed by atoms with E-state index in [0.29, 0.717) is 19.1 Å². The van der Waals surface area contributed by atoms with Gasteiger partial charge < -0.3 is 14.8 Å². The molecule has 0 saturated carbocycles. The van der Waals surface area contributed by atoms with Crippen molar-refractivity contribution in [2.75, 3.05) is 18.5 Å². The van der Waals surface area contributed by atoms with Gasteiger partial charge in [0.15, 0.2) is 5.79 Å². The third-order valence-electron chi connectivity index (χ3n) is 2.35. The normalized spacial score (nSPS) is 23.3. The molecule has 1 N–H and O–H groups in total. The highest BCUT2D eigenvalue weighted by Gasteiger charge is 2.32. The number of rotatable bonds is 3. The molecule has 1 fully saturated rings. The predicted molar refractivity (Wildman–Crippen MR) is 60.2 cm³/mol. The molecule has 0 spiro atoms. The van der Waals surface area contributed by atoms with Gasteiger partial charge in [-0.25, -0.2) is 9.97 Å². The van der Waals surface area contributed by atoms with Crippen LogP contribution in [0.25, 0.3) is 0 Å². The van der Waals surface area contributed by atoms with Gasteiger partial charge in [0, 0.05) is 18.4 Å². The van der Waals surface area contributed by atoms with Crippen LogP contribution in [-0.2, 0) is 9.47 Å². The van der Waals surface area contributed by atoms with Crippen LogP contribution >= 0.6 is 0 Å². The first-order valence-corrected chi connectivity index (χ1v) is 5.40. The first kappa shape index (κ1) is 11.3. The van der Waals surface area contributed by atoms with Gasteiger partial charge in [-0.1, -0.05) is 0 Å². The van der Waals surface area contributed by atoms with Gasteiger partial charge in [-0.05, 0) is 26.8 Å². The maximum atomic E-state index is 5.66. The Kier molecular flexibility index (Phi) is 3.07. The molecule has 1 aromatic rings. The van der Waals surface area contributed by atoms with Crippen LogP contribution in [0.5, 0.6) is 0 Å². The summed E-state index contributed by atoms with van der Waals surface area (Å²) in [6, 6.07) is 1.86. The Morgan fingerprint density at radius 1 is 1.56 bits per heavy atom. The fourth-order valence-electron chi connectivity index (χ4n) is 1.60. The van der Waals surface area contributed by atoms with Crippen molar-refractivity contribution in [1.29, 1.82) is 0 Å². The Hall–Kier alpha value is -1.20. The van der Waals surface area contributed by atoms with Gasteiger partial charge in [0.05, 0.1) is 6.61 Å². The van der Waals surface area contributed by atoms with Crippen LogP contribution < -0.4 is 5.32 Å². The second-order valence-electron chi connectivity index (χ2n) is 4.35. The molecule has 1 unspecified atom stereocenters. The maximum Gasteiger partial charge on any atom is 0.222 e. The SMILES string of the molecule is Cc1ccnc(NCC2COC(C)(C)O2)n1. The smallest absolute Gasteiger partial charge is 0.222 e. The average molecular weight is 223 g/mol. The zero-order chi connectivity index (χ0) is 11.6. The molecule has 16 heavy (non-hydrogen) atoms. The number of ether oxygens (including phenoxy) is 2. The van der Waals surface area contributed by atoms with Gasteiger partial charge in [0.1, 0.15) is 6.10 Å². The molecule has 0 radical (unpaired) electrons. The van der Waals surface area contributed by atoms with Crippen molar-refractivity contribution in [3.63, 3.8) is 0 Å². The zero-order valence-electron chi connectivity index (χ0n) is 9.86. The van der Waals surface area contributed by atoms with E-state index in [1.165, 1.54) is 0 Å². The minimum absolute atomic E-state index is 0.0547. The van der Waals surface area contributed by atoms with Crippen LogP contribution in [-0.4, -0.2) is 35.0 Å². The number of aryl methyl sites for hydroxylation is 1. The third-order valence-corrected chi connectivity index (χ3v) is 2.35. The van der Waals surface area contributed by atoms with Gasteiger partial charge in [-0.15, -0.1) is 0 Å². The minimum atomic E-state index is -0.472. The van der Waals surface area contributed by atoms with Crippen molar-refractivity contribution in [2.45, 2.75) is 32.7 Å². The van der Waals surface area contributed by atoms with Crippen molar-refractivity contribution in [3.8, 4) is 0 Å². The maximum absolute atomic E-state index is 5.66. The minimum Gasteiger partial charge on any atom is -0.352 e. The van der Waals surface area contributed by atoms with Gasteiger partial charge in [0.2, 0.25) is 5.95 Å². The van der Waals surface area contributed by atoms with Gasteiger partial charge in [0.25, 0.3) is 0 Å². The van der Waals surface area contributed by atoms with Crippen LogP contribution in [0.4, 0.5) is 5.95 Å². The van der Waals surface area contributed by atoms with Crippen molar-refractivity contribution in [2.24, 2.45) is 0 Å². The molecule has 5 nitrogen and oxygen atoms in total. The van der Waals surface area contributed by atoms with Crippen LogP contribution in [0.2, 0.25) is 0 Å². The topological polar surface area (TPSA) is 56.3 Å². The third kappa shape index (κ3) is 2.90. The second-order valence-corrected chi connectivity index (χ2v) is 4.35. The van der Waals surface area contributed by atoms with Crippen molar-refractivity contribution < 1.29 is 9.47 Å². The number of hydrogen-bond donors (Lipinski definition) is 1. The van der Waals surface area contributed by atoms with Crippen LogP contribution in [0.3, 0.4) is 0 Å². The molecule has 1 aliphatic rings. The summed E-state index contributed by atoms with van der Waals surface area (Å²) in [5.41, 5.74) is 0.946. The number of aromatic nitrogens is 2. The lowest BCUT2D eigenvalue weighted by Crippen LogP contribution is -2.26. The molecule has 0 amide bonds. The van der Waals surface area contributed by atoms with Crippen LogP contribution in [0.15, 0.2) is 12.3 Å². The van der Waals surface area contributed by atoms with Crippen LogP contribution in [0.1, 0.15) is 19.5 Å². The standard InChI is InChI=1S/C11H17N3O2/c1-8-4-5-12-10(14-8)13-6-9-7-15-11(2,3)16-9/h4-5,9H,6-7H2,1-3H3,(H,12,13,14). The number of anilines is 1. The van der Waals surface area contributed by atoms with Gasteiger partial charge >= 0.3 is 0 Å². The largest absolute Gasteiger partial charge is 0.352 e. The summed E-state index contributed by atoms with van der Waals surface area (Å²) in [5.74, 6) is 0.160. The Morgan fingerprint density at radius 2 is 2.38 bits per heavy atom. The van der Waals surface area contributed by atoms with E-state index in [4.69, 9.17) is 9.47 Å². The summed E-state index contributed by atoms with van der Waals surface area (Å²) in [4.78, 5) is 8.37. The molecule has 0 bridgehead atoms. The van der Waals surface area contributed by atoms with Crippen molar-refractivity contribution in [3.05, 3.63) is 18.0 Å². The highest BCUT2D eigenvalue weighted by Crippen LogP contribution is 2.22. The lowest BCUT2D eigenvalue weighted by molar-refractivity contribution is -0.136. The molecule has 0 aliphatic carbocycles. The summed E-state index contributed by atoms with van der Waals surface area (Å²) in [7, 11) is 0. The molecular formula is C11H17N3O2. The Balaban J connectivity index is 1.84.